The third-order valence-electron chi connectivity index (χ3n) is 5.17. The number of likely N-dealkylation sites (tertiary alicyclic amines) is 1. The van der Waals surface area contributed by atoms with Crippen molar-refractivity contribution in [2.45, 2.75) is 25.5 Å². The summed E-state index contributed by atoms with van der Waals surface area (Å²) in [5.41, 5.74) is 2.53. The van der Waals surface area contributed by atoms with Crippen molar-refractivity contribution in [2.24, 2.45) is 0 Å². The van der Waals surface area contributed by atoms with Gasteiger partial charge in [0.1, 0.15) is 17.4 Å². The number of rotatable bonds is 5. The van der Waals surface area contributed by atoms with Crippen LogP contribution < -0.4 is 4.74 Å². The van der Waals surface area contributed by atoms with E-state index in [1.807, 2.05) is 30.3 Å². The van der Waals surface area contributed by atoms with E-state index in [1.54, 1.807) is 12.5 Å². The highest BCUT2D eigenvalue weighted by atomic mass is 32.1. The molecule has 0 atom stereocenters. The van der Waals surface area contributed by atoms with Crippen LogP contribution in [0.25, 0.3) is 21.3 Å². The van der Waals surface area contributed by atoms with Crippen molar-refractivity contribution in [3.8, 4) is 10.9 Å². The minimum Gasteiger partial charge on any atom is -0.464 e. The molecular formula is C21H19N3O5S. The Balaban J connectivity index is 1.26. The molecule has 1 fully saturated rings. The molecule has 0 bridgehead atoms. The predicted octanol–water partition coefficient (Wildman–Crippen LogP) is 4.89. The van der Waals surface area contributed by atoms with Gasteiger partial charge >= 0.3 is 6.16 Å². The minimum atomic E-state index is -1.20. The van der Waals surface area contributed by atoms with E-state index in [-0.39, 0.29) is 6.10 Å². The molecule has 5 rings (SSSR count). The molecule has 4 heterocycles. The number of carbonyl (C=O) groups is 1. The normalized spacial score (nSPS) is 15.6. The molecule has 154 valence electrons. The van der Waals surface area contributed by atoms with Gasteiger partial charge in [-0.2, -0.15) is 4.98 Å². The van der Waals surface area contributed by atoms with Crippen molar-refractivity contribution in [1.29, 1.82) is 0 Å². The third kappa shape index (κ3) is 3.94. The number of hydrogen-bond donors (Lipinski definition) is 1. The minimum absolute atomic E-state index is 0.211. The molecule has 0 unspecified atom stereocenters. The fourth-order valence-corrected chi connectivity index (χ4v) is 4.51. The molecule has 3 aromatic heterocycles. The summed E-state index contributed by atoms with van der Waals surface area (Å²) in [5, 5.41) is 10.3. The molecule has 1 aliphatic rings. The van der Waals surface area contributed by atoms with Crippen LogP contribution >= 0.6 is 11.3 Å². The van der Waals surface area contributed by atoms with Gasteiger partial charge in [0.2, 0.25) is 0 Å². The van der Waals surface area contributed by atoms with E-state index < -0.39 is 6.16 Å². The number of carboxylic acid groups (broad SMARTS) is 1. The van der Waals surface area contributed by atoms with Crippen LogP contribution in [0.3, 0.4) is 0 Å². The summed E-state index contributed by atoms with van der Waals surface area (Å²) in [5.74, 6) is 0.661. The fraction of sp³-hybridized carbons (Fsp3) is 0.286. The van der Waals surface area contributed by atoms with Crippen LogP contribution in [-0.2, 0) is 11.3 Å². The summed E-state index contributed by atoms with van der Waals surface area (Å²) >= 11 is 1.45. The van der Waals surface area contributed by atoms with Crippen LogP contribution in [0.15, 0.2) is 47.2 Å². The molecule has 1 saturated heterocycles. The van der Waals surface area contributed by atoms with Crippen molar-refractivity contribution < 1.29 is 23.8 Å². The number of thiazole rings is 1. The Morgan fingerprint density at radius 1 is 1.30 bits per heavy atom. The van der Waals surface area contributed by atoms with Gasteiger partial charge in [0, 0.05) is 42.8 Å². The maximum Gasteiger partial charge on any atom is 0.506 e. The zero-order chi connectivity index (χ0) is 20.5. The van der Waals surface area contributed by atoms with Crippen LogP contribution in [0.5, 0.6) is 10.9 Å². The standard InChI is InChI=1S/C21H19N3O5S/c25-21(26)29-14-5-8-24(9-6-14)11-13-12-27-17-10-15(3-4-16(13)17)28-20-23-19-18(30-20)2-1-7-22-19/h1-4,7,10,12,14H,5-6,8-9,11H2,(H,25,26). The summed E-state index contributed by atoms with van der Waals surface area (Å²) in [7, 11) is 0. The summed E-state index contributed by atoms with van der Waals surface area (Å²) < 4.78 is 17.5. The molecule has 9 heteroatoms. The average molecular weight is 425 g/mol. The van der Waals surface area contributed by atoms with Crippen molar-refractivity contribution in [2.75, 3.05) is 13.1 Å². The highest BCUT2D eigenvalue weighted by Gasteiger charge is 2.23. The number of nitrogens with zero attached hydrogens (tertiary/aromatic N) is 3. The summed E-state index contributed by atoms with van der Waals surface area (Å²) in [6.45, 7) is 2.32. The maximum atomic E-state index is 10.7. The molecule has 8 nitrogen and oxygen atoms in total. The second kappa shape index (κ2) is 7.92. The van der Waals surface area contributed by atoms with Crippen LogP contribution in [0.4, 0.5) is 4.79 Å². The molecule has 0 saturated carbocycles. The lowest BCUT2D eigenvalue weighted by atomic mass is 10.1. The first-order valence-corrected chi connectivity index (χ1v) is 10.5. The van der Waals surface area contributed by atoms with Gasteiger partial charge in [-0.3, -0.25) is 4.90 Å². The number of furan rings is 1. The van der Waals surface area contributed by atoms with E-state index in [4.69, 9.17) is 19.0 Å². The number of fused-ring (bicyclic) bond motifs is 2. The lowest BCUT2D eigenvalue weighted by Gasteiger charge is -2.30. The quantitative estimate of drug-likeness (QED) is 0.452. The monoisotopic (exact) mass is 425 g/mol. The van der Waals surface area contributed by atoms with E-state index in [2.05, 4.69) is 14.9 Å². The van der Waals surface area contributed by atoms with Crippen LogP contribution in [0.1, 0.15) is 18.4 Å². The SMILES string of the molecule is O=C(O)OC1CCN(Cc2coc3cc(Oc4nc5ncccc5s4)ccc23)CC1. The van der Waals surface area contributed by atoms with Gasteiger partial charge in [0.05, 0.1) is 11.0 Å². The lowest BCUT2D eigenvalue weighted by Crippen LogP contribution is -2.37. The Hall–Kier alpha value is -3.17. The van der Waals surface area contributed by atoms with Crippen molar-refractivity contribution >= 4 is 38.8 Å². The first kappa shape index (κ1) is 18.8. The first-order chi connectivity index (χ1) is 14.6. The van der Waals surface area contributed by atoms with Crippen molar-refractivity contribution in [1.82, 2.24) is 14.9 Å². The summed E-state index contributed by atoms with van der Waals surface area (Å²) in [6.07, 6.45) is 3.49. The van der Waals surface area contributed by atoms with Gasteiger partial charge in [0.25, 0.3) is 5.19 Å². The van der Waals surface area contributed by atoms with Crippen LogP contribution in [0.2, 0.25) is 0 Å². The highest BCUT2D eigenvalue weighted by molar-refractivity contribution is 7.20. The highest BCUT2D eigenvalue weighted by Crippen LogP contribution is 2.33. The average Bonchev–Trinajstić information content (AvgIpc) is 3.32. The van der Waals surface area contributed by atoms with Crippen LogP contribution in [-0.4, -0.2) is 45.3 Å². The predicted molar refractivity (Wildman–Crippen MR) is 111 cm³/mol. The van der Waals surface area contributed by atoms with Gasteiger partial charge in [-0.05, 0) is 37.1 Å². The molecule has 0 aliphatic carbocycles. The second-order valence-electron chi connectivity index (χ2n) is 7.19. The van der Waals surface area contributed by atoms with E-state index in [9.17, 15) is 4.79 Å². The van der Waals surface area contributed by atoms with Gasteiger partial charge in [-0.1, -0.05) is 11.3 Å². The largest absolute Gasteiger partial charge is 0.506 e. The molecule has 1 aromatic carbocycles. The number of hydrogen-bond acceptors (Lipinski definition) is 8. The van der Waals surface area contributed by atoms with Crippen LogP contribution in [0, 0.1) is 0 Å². The molecule has 1 N–H and O–H groups in total. The van der Waals surface area contributed by atoms with E-state index >= 15 is 0 Å². The number of ether oxygens (including phenoxy) is 2. The molecule has 4 aromatic rings. The van der Waals surface area contributed by atoms with Gasteiger partial charge in [-0.25, -0.2) is 9.78 Å². The molecular weight excluding hydrogens is 406 g/mol. The zero-order valence-electron chi connectivity index (χ0n) is 16.0. The Labute approximate surface area is 175 Å². The molecule has 30 heavy (non-hydrogen) atoms. The van der Waals surface area contributed by atoms with Crippen molar-refractivity contribution in [3.05, 3.63) is 48.4 Å². The van der Waals surface area contributed by atoms with E-state index in [0.717, 1.165) is 40.9 Å². The number of piperidine rings is 1. The molecule has 0 radical (unpaired) electrons. The zero-order valence-corrected chi connectivity index (χ0v) is 16.8. The van der Waals surface area contributed by atoms with E-state index in [0.29, 0.717) is 29.4 Å². The Morgan fingerprint density at radius 2 is 2.17 bits per heavy atom. The Bertz CT molecular complexity index is 1160. The maximum absolute atomic E-state index is 10.7. The van der Waals surface area contributed by atoms with Gasteiger partial charge < -0.3 is 19.0 Å². The second-order valence-corrected chi connectivity index (χ2v) is 8.18. The van der Waals surface area contributed by atoms with Crippen molar-refractivity contribution in [3.63, 3.8) is 0 Å². The topological polar surface area (TPSA) is 97.9 Å². The number of benzene rings is 1. The van der Waals surface area contributed by atoms with Gasteiger partial charge in [0.15, 0.2) is 5.65 Å². The summed E-state index contributed by atoms with van der Waals surface area (Å²) in [6, 6.07) is 9.61. The first-order valence-electron chi connectivity index (χ1n) is 9.65. The molecule has 1 aliphatic heterocycles. The Kier molecular flexibility index (Phi) is 4.97. The smallest absolute Gasteiger partial charge is 0.464 e. The molecule has 0 amide bonds. The van der Waals surface area contributed by atoms with E-state index in [1.165, 1.54) is 11.3 Å². The lowest BCUT2D eigenvalue weighted by molar-refractivity contribution is 0.0186. The summed E-state index contributed by atoms with van der Waals surface area (Å²) in [4.78, 5) is 21.6. The Morgan fingerprint density at radius 3 is 2.97 bits per heavy atom. The fourth-order valence-electron chi connectivity index (χ4n) is 3.71. The number of pyridine rings is 1. The van der Waals surface area contributed by atoms with Gasteiger partial charge in [-0.15, -0.1) is 0 Å². The molecule has 0 spiro atoms. The number of aromatic nitrogens is 2. The third-order valence-corrected chi connectivity index (χ3v) is 6.06.